The summed E-state index contributed by atoms with van der Waals surface area (Å²) < 4.78 is 52.8. The van der Waals surface area contributed by atoms with Gasteiger partial charge in [-0.25, -0.2) is 9.07 Å². The van der Waals surface area contributed by atoms with Crippen molar-refractivity contribution in [3.8, 4) is 11.3 Å². The Bertz CT molecular complexity index is 1210. The Kier molecular flexibility index (Phi) is 6.86. The largest absolute Gasteiger partial charge is 0.433 e. The van der Waals surface area contributed by atoms with Crippen LogP contribution in [0, 0.1) is 11.7 Å². The highest BCUT2D eigenvalue weighted by atomic mass is 19.4. The van der Waals surface area contributed by atoms with E-state index in [1.54, 1.807) is 6.92 Å². The normalized spacial score (nSPS) is 13.5. The minimum absolute atomic E-state index is 0.0392. The van der Waals surface area contributed by atoms with Crippen LogP contribution in [0.5, 0.6) is 0 Å². The minimum Gasteiger partial charge on any atom is -0.394 e. The van der Waals surface area contributed by atoms with Crippen LogP contribution in [-0.2, 0) is 12.6 Å². The Morgan fingerprint density at radius 2 is 1.94 bits per heavy atom. The van der Waals surface area contributed by atoms with Gasteiger partial charge in [0.05, 0.1) is 24.5 Å². The number of primary amides is 1. The molecule has 3 heterocycles. The summed E-state index contributed by atoms with van der Waals surface area (Å²) in [5.41, 5.74) is 3.41. The molecule has 0 aliphatic carbocycles. The first kappa shape index (κ1) is 24.0. The van der Waals surface area contributed by atoms with Gasteiger partial charge in [-0.1, -0.05) is 6.92 Å². The third-order valence-electron chi connectivity index (χ3n) is 5.03. The van der Waals surface area contributed by atoms with Crippen molar-refractivity contribution in [1.29, 1.82) is 0 Å². The van der Waals surface area contributed by atoms with Crippen LogP contribution in [0.2, 0.25) is 0 Å². The average molecular weight is 465 g/mol. The van der Waals surface area contributed by atoms with Gasteiger partial charge in [-0.3, -0.25) is 19.6 Å². The number of aliphatic hydroxyl groups is 1. The van der Waals surface area contributed by atoms with Crippen LogP contribution in [0.15, 0.2) is 47.7 Å². The highest BCUT2D eigenvalue weighted by Gasteiger charge is 2.32. The van der Waals surface area contributed by atoms with Crippen molar-refractivity contribution in [3.63, 3.8) is 0 Å². The molecule has 0 saturated carbocycles. The standard InChI is InChI=1S/C21H19F4N5O3/c1-11(4-12-5-14(22)9-27-7-12)17(10-31)30-20(33)15(19(26)32)6-16(29-30)13-2-3-18(28-8-13)21(23,24)25/h2-3,5-9,11,17,31H,4,10H2,1H3,(H2,26,32)/t11?,17-/m1/s1. The zero-order chi connectivity index (χ0) is 24.3. The summed E-state index contributed by atoms with van der Waals surface area (Å²) in [5.74, 6) is -2.11. The number of nitrogens with zero attached hydrogens (tertiary/aromatic N) is 4. The molecule has 0 bridgehead atoms. The topological polar surface area (TPSA) is 124 Å². The zero-order valence-electron chi connectivity index (χ0n) is 17.3. The molecule has 3 aromatic rings. The van der Waals surface area contributed by atoms with Crippen LogP contribution in [0.1, 0.15) is 34.6 Å². The number of nitrogens with two attached hydrogens (primary N) is 1. The van der Waals surface area contributed by atoms with E-state index in [9.17, 15) is 32.3 Å². The predicted octanol–water partition coefficient (Wildman–Crippen LogP) is 2.37. The van der Waals surface area contributed by atoms with E-state index in [2.05, 4.69) is 15.1 Å². The Hall–Kier alpha value is -3.67. The molecule has 1 unspecified atom stereocenters. The van der Waals surface area contributed by atoms with Crippen LogP contribution in [0.25, 0.3) is 11.3 Å². The van der Waals surface area contributed by atoms with Gasteiger partial charge in [-0.2, -0.15) is 18.3 Å². The van der Waals surface area contributed by atoms with Crippen LogP contribution >= 0.6 is 0 Å². The van der Waals surface area contributed by atoms with E-state index in [4.69, 9.17) is 5.73 Å². The quantitative estimate of drug-likeness (QED) is 0.517. The van der Waals surface area contributed by atoms with Crippen LogP contribution in [-0.4, -0.2) is 37.4 Å². The molecule has 8 nitrogen and oxygen atoms in total. The molecule has 3 rings (SSSR count). The van der Waals surface area contributed by atoms with Gasteiger partial charge in [0.1, 0.15) is 17.1 Å². The molecular formula is C21H19F4N5O3. The van der Waals surface area contributed by atoms with E-state index in [0.29, 0.717) is 5.56 Å². The lowest BCUT2D eigenvalue weighted by Gasteiger charge is -2.24. The summed E-state index contributed by atoms with van der Waals surface area (Å²) in [6, 6.07) is 3.18. The number of carbonyl (C=O) groups is 1. The monoisotopic (exact) mass is 465 g/mol. The average Bonchev–Trinajstić information content (AvgIpc) is 2.74. The van der Waals surface area contributed by atoms with Crippen molar-refractivity contribution in [1.82, 2.24) is 19.7 Å². The van der Waals surface area contributed by atoms with Crippen molar-refractivity contribution in [3.05, 3.63) is 75.8 Å². The van der Waals surface area contributed by atoms with Gasteiger partial charge >= 0.3 is 6.18 Å². The van der Waals surface area contributed by atoms with E-state index in [1.165, 1.54) is 12.3 Å². The fourth-order valence-corrected chi connectivity index (χ4v) is 3.34. The fraction of sp³-hybridized carbons (Fsp3) is 0.286. The zero-order valence-corrected chi connectivity index (χ0v) is 17.3. The van der Waals surface area contributed by atoms with Crippen LogP contribution < -0.4 is 11.3 Å². The summed E-state index contributed by atoms with van der Waals surface area (Å²) in [6.07, 6.45) is -1.07. The van der Waals surface area contributed by atoms with E-state index in [-0.39, 0.29) is 17.7 Å². The van der Waals surface area contributed by atoms with Crippen molar-refractivity contribution in [2.75, 3.05) is 6.61 Å². The number of halogens is 4. The second kappa shape index (κ2) is 9.45. The Balaban J connectivity index is 2.05. The van der Waals surface area contributed by atoms with E-state index in [0.717, 1.165) is 35.3 Å². The molecule has 1 amide bonds. The number of pyridine rings is 2. The molecule has 0 spiro atoms. The number of aromatic nitrogens is 4. The molecule has 0 aromatic carbocycles. The SMILES string of the molecule is CC(Cc1cncc(F)c1)[C@@H](CO)n1nc(-c2ccc(C(F)(F)F)nc2)cc(C(N)=O)c1=O. The van der Waals surface area contributed by atoms with Crippen molar-refractivity contribution >= 4 is 5.91 Å². The van der Waals surface area contributed by atoms with Gasteiger partial charge in [0.2, 0.25) is 0 Å². The third-order valence-corrected chi connectivity index (χ3v) is 5.03. The number of alkyl halides is 3. The molecule has 0 radical (unpaired) electrons. The van der Waals surface area contributed by atoms with Crippen LogP contribution in [0.3, 0.4) is 0 Å². The summed E-state index contributed by atoms with van der Waals surface area (Å²) in [7, 11) is 0. The first-order valence-corrected chi connectivity index (χ1v) is 9.68. The van der Waals surface area contributed by atoms with Gasteiger partial charge in [0.25, 0.3) is 11.5 Å². The lowest BCUT2D eigenvalue weighted by Crippen LogP contribution is -2.38. The number of hydrogen-bond donors (Lipinski definition) is 2. The lowest BCUT2D eigenvalue weighted by molar-refractivity contribution is -0.141. The highest BCUT2D eigenvalue weighted by Crippen LogP contribution is 2.29. The maximum Gasteiger partial charge on any atom is 0.433 e. The summed E-state index contributed by atoms with van der Waals surface area (Å²) in [5, 5.41) is 14.1. The fourth-order valence-electron chi connectivity index (χ4n) is 3.34. The smallest absolute Gasteiger partial charge is 0.394 e. The highest BCUT2D eigenvalue weighted by molar-refractivity contribution is 5.93. The van der Waals surface area contributed by atoms with E-state index in [1.807, 2.05) is 0 Å². The first-order chi connectivity index (χ1) is 15.5. The molecule has 33 heavy (non-hydrogen) atoms. The second-order valence-electron chi connectivity index (χ2n) is 7.43. The number of amides is 1. The molecule has 174 valence electrons. The first-order valence-electron chi connectivity index (χ1n) is 9.68. The van der Waals surface area contributed by atoms with E-state index < -0.39 is 53.3 Å². The summed E-state index contributed by atoms with van der Waals surface area (Å²) in [6.45, 7) is 1.11. The molecule has 12 heteroatoms. The minimum atomic E-state index is -4.65. The maximum atomic E-state index is 13.5. The molecule has 3 aromatic heterocycles. The molecular weight excluding hydrogens is 446 g/mol. The van der Waals surface area contributed by atoms with Crippen molar-refractivity contribution in [2.24, 2.45) is 11.7 Å². The second-order valence-corrected chi connectivity index (χ2v) is 7.43. The summed E-state index contributed by atoms with van der Waals surface area (Å²) >= 11 is 0. The molecule has 0 fully saturated rings. The molecule has 3 N–H and O–H groups in total. The van der Waals surface area contributed by atoms with E-state index >= 15 is 0 Å². The Morgan fingerprint density at radius 3 is 2.48 bits per heavy atom. The molecule has 0 aliphatic heterocycles. The number of aliphatic hydroxyl groups excluding tert-OH is 1. The van der Waals surface area contributed by atoms with Crippen LogP contribution in [0.4, 0.5) is 17.6 Å². The predicted molar refractivity (Wildman–Crippen MR) is 108 cm³/mol. The van der Waals surface area contributed by atoms with Gasteiger partial charge < -0.3 is 10.8 Å². The third kappa shape index (κ3) is 5.40. The number of rotatable bonds is 7. The molecule has 0 saturated heterocycles. The molecule has 2 atom stereocenters. The van der Waals surface area contributed by atoms with Gasteiger partial charge in [0, 0.05) is 18.0 Å². The Morgan fingerprint density at radius 1 is 1.21 bits per heavy atom. The van der Waals surface area contributed by atoms with Gasteiger partial charge in [-0.15, -0.1) is 0 Å². The van der Waals surface area contributed by atoms with Crippen molar-refractivity contribution in [2.45, 2.75) is 25.6 Å². The number of carbonyl (C=O) groups excluding carboxylic acids is 1. The van der Waals surface area contributed by atoms with Gasteiger partial charge in [0.15, 0.2) is 0 Å². The van der Waals surface area contributed by atoms with Crippen molar-refractivity contribution < 1.29 is 27.5 Å². The Labute approximate surface area is 184 Å². The summed E-state index contributed by atoms with van der Waals surface area (Å²) in [4.78, 5) is 31.8. The number of hydrogen-bond acceptors (Lipinski definition) is 6. The molecule has 0 aliphatic rings. The lowest BCUT2D eigenvalue weighted by atomic mass is 9.95. The maximum absolute atomic E-state index is 13.5. The van der Waals surface area contributed by atoms with Gasteiger partial charge in [-0.05, 0) is 42.2 Å².